The molecule has 2 saturated heterocycles. The summed E-state index contributed by atoms with van der Waals surface area (Å²) in [5, 5.41) is 3.81. The first kappa shape index (κ1) is 34.3. The van der Waals surface area contributed by atoms with Gasteiger partial charge in [-0.25, -0.2) is 22.5 Å². The number of imide groups is 1. The van der Waals surface area contributed by atoms with E-state index in [0.717, 1.165) is 17.6 Å². The van der Waals surface area contributed by atoms with Gasteiger partial charge in [-0.05, 0) is 67.9 Å². The van der Waals surface area contributed by atoms with Crippen LogP contribution in [0.3, 0.4) is 0 Å². The Bertz CT molecular complexity index is 1410. The van der Waals surface area contributed by atoms with Gasteiger partial charge in [-0.1, -0.05) is 36.7 Å². The van der Waals surface area contributed by atoms with E-state index in [1.165, 1.54) is 28.8 Å². The molecule has 242 valence electrons. The smallest absolute Gasteiger partial charge is 0.420 e. The monoisotopic (exact) mass is 652 g/mol. The predicted molar refractivity (Wildman–Crippen MR) is 168 cm³/mol. The van der Waals surface area contributed by atoms with E-state index in [2.05, 4.69) is 5.32 Å². The Hall–Kier alpha value is -2.61. The summed E-state index contributed by atoms with van der Waals surface area (Å²) in [6.07, 6.45) is 2.46. The van der Waals surface area contributed by atoms with Crippen LogP contribution in [0.2, 0.25) is 5.02 Å². The average molecular weight is 653 g/mol. The normalized spacial score (nSPS) is 21.4. The van der Waals surface area contributed by atoms with Crippen LogP contribution in [0.1, 0.15) is 49.7 Å². The van der Waals surface area contributed by atoms with Gasteiger partial charge < -0.3 is 20.5 Å². The first-order valence-electron chi connectivity index (χ1n) is 14.9. The number of nitrogens with one attached hydrogen (secondary N) is 1. The molecule has 4 rings (SSSR count). The lowest BCUT2D eigenvalue weighted by atomic mass is 9.76. The number of hydrogen-bond acceptors (Lipinski definition) is 8. The van der Waals surface area contributed by atoms with Gasteiger partial charge in [-0.15, -0.1) is 0 Å². The molecule has 13 heteroatoms. The van der Waals surface area contributed by atoms with Crippen LogP contribution >= 0.6 is 11.6 Å². The molecule has 2 aromatic rings. The lowest BCUT2D eigenvalue weighted by molar-refractivity contribution is -0.120. The zero-order chi connectivity index (χ0) is 32.0. The Morgan fingerprint density at radius 1 is 1.16 bits per heavy atom. The van der Waals surface area contributed by atoms with Crippen molar-refractivity contribution >= 4 is 39.3 Å². The molecule has 2 aliphatic heterocycles. The van der Waals surface area contributed by atoms with E-state index in [0.29, 0.717) is 50.6 Å². The maximum Gasteiger partial charge on any atom is 0.420 e. The maximum atomic E-state index is 15.5. The number of nitrogens with two attached hydrogens (primary N) is 1. The molecule has 2 amide bonds. The molecule has 44 heavy (non-hydrogen) atoms. The second-order valence-corrected chi connectivity index (χ2v) is 13.8. The number of amides is 2. The van der Waals surface area contributed by atoms with E-state index in [4.69, 9.17) is 26.8 Å². The quantitative estimate of drug-likeness (QED) is 0.393. The fourth-order valence-corrected chi connectivity index (χ4v) is 8.15. The highest BCUT2D eigenvalue weighted by Gasteiger charge is 2.40. The molecule has 2 heterocycles. The van der Waals surface area contributed by atoms with Crippen molar-refractivity contribution in [3.05, 3.63) is 64.4 Å². The van der Waals surface area contributed by atoms with Crippen molar-refractivity contribution in [2.45, 2.75) is 63.1 Å². The largest absolute Gasteiger partial charge is 0.452 e. The molecule has 2 aliphatic rings. The fraction of sp³-hybridized carbons (Fsp3) is 0.548. The molecule has 10 nitrogen and oxygen atoms in total. The molecule has 4 atom stereocenters. The summed E-state index contributed by atoms with van der Waals surface area (Å²) in [6.45, 7) is 3.87. The molecule has 2 aromatic carbocycles. The molecule has 0 bridgehead atoms. The number of carbonyl (C=O) groups is 2. The number of halogens is 2. The number of nitrogens with zero attached hydrogens (tertiary/aromatic N) is 2. The minimum atomic E-state index is -3.54. The highest BCUT2D eigenvalue weighted by Crippen LogP contribution is 2.37. The van der Waals surface area contributed by atoms with Crippen molar-refractivity contribution in [3.8, 4) is 0 Å². The van der Waals surface area contributed by atoms with Crippen LogP contribution in [-0.2, 0) is 30.7 Å². The highest BCUT2D eigenvalue weighted by molar-refractivity contribution is 7.88. The molecular weight excluding hydrogens is 611 g/mol. The number of methoxy groups -OCH3 is 1. The molecule has 0 unspecified atom stereocenters. The summed E-state index contributed by atoms with van der Waals surface area (Å²) in [5.41, 5.74) is 7.63. The van der Waals surface area contributed by atoms with Gasteiger partial charge in [0, 0.05) is 54.9 Å². The second kappa shape index (κ2) is 15.1. The zero-order valence-electron chi connectivity index (χ0n) is 25.4. The Balaban J connectivity index is 1.69. The molecule has 0 radical (unpaired) electrons. The average Bonchev–Trinajstić information content (AvgIpc) is 3.01. The minimum Gasteiger partial charge on any atom is -0.452 e. The van der Waals surface area contributed by atoms with Crippen LogP contribution in [0.4, 0.5) is 14.9 Å². The standard InChI is InChI=1S/C31H42ClFN4O6S/c1-4-23-18-35-19-24(37(23)44(3,40)41)12-13-25-26(33)6-5-7-27(25)36(31(39)42-2)30(38)29(34)28(21-14-16-43-17-15-21)20-8-10-22(32)11-9-20/h5-11,21,23-24,28-29,35H,4,12-19,34H2,1-3H3/t23-,24-,28-,29-/m0/s1. The van der Waals surface area contributed by atoms with Gasteiger partial charge in [0.25, 0.3) is 5.91 Å². The summed E-state index contributed by atoms with van der Waals surface area (Å²) >= 11 is 6.14. The molecule has 0 spiro atoms. The number of piperazine rings is 1. The van der Waals surface area contributed by atoms with E-state index >= 15 is 4.39 Å². The van der Waals surface area contributed by atoms with Crippen molar-refractivity contribution in [2.75, 3.05) is 44.6 Å². The number of benzene rings is 2. The third-order valence-corrected chi connectivity index (χ3v) is 10.3. The van der Waals surface area contributed by atoms with Crippen molar-refractivity contribution in [2.24, 2.45) is 11.7 Å². The lowest BCUT2D eigenvalue weighted by Gasteiger charge is -2.40. The van der Waals surface area contributed by atoms with Crippen molar-refractivity contribution in [1.82, 2.24) is 9.62 Å². The van der Waals surface area contributed by atoms with Gasteiger partial charge in [0.05, 0.1) is 25.1 Å². The number of carbonyl (C=O) groups excluding carboxylic acids is 2. The number of ether oxygens (including phenoxy) is 2. The minimum absolute atomic E-state index is 0.0114. The Morgan fingerprint density at radius 3 is 2.43 bits per heavy atom. The predicted octanol–water partition coefficient (Wildman–Crippen LogP) is 4.06. The Labute approximate surface area is 264 Å². The van der Waals surface area contributed by atoms with Crippen molar-refractivity contribution < 1.29 is 31.9 Å². The van der Waals surface area contributed by atoms with Gasteiger partial charge in [-0.2, -0.15) is 4.31 Å². The van der Waals surface area contributed by atoms with E-state index in [1.807, 2.05) is 19.1 Å². The Kier molecular flexibility index (Phi) is 11.8. The van der Waals surface area contributed by atoms with Gasteiger partial charge in [0.1, 0.15) is 5.82 Å². The molecule has 0 saturated carbocycles. The number of sulfonamides is 1. The summed E-state index contributed by atoms with van der Waals surface area (Å²) in [4.78, 5) is 28.3. The van der Waals surface area contributed by atoms with Gasteiger partial charge in [0.15, 0.2) is 0 Å². The van der Waals surface area contributed by atoms with Crippen molar-refractivity contribution in [3.63, 3.8) is 0 Å². The van der Waals surface area contributed by atoms with Gasteiger partial charge in [-0.3, -0.25) is 4.79 Å². The third-order valence-electron chi connectivity index (χ3n) is 8.67. The van der Waals surface area contributed by atoms with E-state index < -0.39 is 45.8 Å². The van der Waals surface area contributed by atoms with Crippen LogP contribution in [0.25, 0.3) is 0 Å². The summed E-state index contributed by atoms with van der Waals surface area (Å²) in [6, 6.07) is 9.39. The van der Waals surface area contributed by atoms with Crippen LogP contribution < -0.4 is 16.0 Å². The summed E-state index contributed by atoms with van der Waals surface area (Å²) < 4.78 is 53.0. The van der Waals surface area contributed by atoms with Gasteiger partial charge >= 0.3 is 6.09 Å². The number of hydrogen-bond donors (Lipinski definition) is 2. The second-order valence-electron chi connectivity index (χ2n) is 11.4. The summed E-state index contributed by atoms with van der Waals surface area (Å²) in [5.74, 6) is -1.85. The molecule has 3 N–H and O–H groups in total. The SMILES string of the molecule is CC[C@H]1CNC[C@H](CCc2c(F)cccc2N(C(=O)OC)C(=O)[C@@H](N)[C@@H](c2ccc(Cl)cc2)C2CCOCC2)N1S(C)(=O)=O. The summed E-state index contributed by atoms with van der Waals surface area (Å²) in [7, 11) is -2.40. The number of rotatable bonds is 10. The number of anilines is 1. The van der Waals surface area contributed by atoms with Crippen LogP contribution in [0, 0.1) is 11.7 Å². The first-order valence-corrected chi connectivity index (χ1v) is 17.2. The molecule has 2 fully saturated rings. The third kappa shape index (κ3) is 7.78. The van der Waals surface area contributed by atoms with Crippen LogP contribution in [0.15, 0.2) is 42.5 Å². The topological polar surface area (TPSA) is 131 Å². The van der Waals surface area contributed by atoms with Crippen LogP contribution in [0.5, 0.6) is 0 Å². The van der Waals surface area contributed by atoms with E-state index in [9.17, 15) is 18.0 Å². The van der Waals surface area contributed by atoms with E-state index in [1.54, 1.807) is 12.1 Å². The first-order chi connectivity index (χ1) is 21.0. The highest BCUT2D eigenvalue weighted by atomic mass is 35.5. The van der Waals surface area contributed by atoms with Gasteiger partial charge in [0.2, 0.25) is 10.0 Å². The molecular formula is C31H42ClFN4O6S. The molecule has 0 aromatic heterocycles. The van der Waals surface area contributed by atoms with E-state index in [-0.39, 0.29) is 36.1 Å². The Morgan fingerprint density at radius 2 is 1.82 bits per heavy atom. The molecule has 0 aliphatic carbocycles. The maximum absolute atomic E-state index is 15.5. The van der Waals surface area contributed by atoms with Crippen LogP contribution in [-0.4, -0.2) is 82.5 Å². The van der Waals surface area contributed by atoms with Crippen molar-refractivity contribution in [1.29, 1.82) is 0 Å². The lowest BCUT2D eigenvalue weighted by Crippen LogP contribution is -2.58. The fourth-order valence-electron chi connectivity index (χ4n) is 6.54. The zero-order valence-corrected chi connectivity index (χ0v) is 27.0.